The van der Waals surface area contributed by atoms with Crippen LogP contribution in [0.1, 0.15) is 54.0 Å². The fourth-order valence-corrected chi connectivity index (χ4v) is 6.83. The first-order chi connectivity index (χ1) is 19.6. The molecule has 0 saturated carbocycles. The molecule has 5 atom stereocenters. The van der Waals surface area contributed by atoms with Crippen LogP contribution in [0.2, 0.25) is 0 Å². The molecule has 0 radical (unpaired) electrons. The maximum atomic E-state index is 12.1. The van der Waals surface area contributed by atoms with Gasteiger partial charge in [-0.05, 0) is 59.7 Å². The Morgan fingerprint density at radius 2 is 1.66 bits per heavy atom. The first kappa shape index (κ1) is 30.3. The lowest BCUT2D eigenvalue weighted by molar-refractivity contribution is -0.266. The monoisotopic (exact) mass is 593 g/mol. The Bertz CT molecular complexity index is 1480. The molecule has 214 valence electrons. The van der Waals surface area contributed by atoms with E-state index in [1.807, 2.05) is 43.5 Å². The highest BCUT2D eigenvalue weighted by Gasteiger charge is 2.51. The van der Waals surface area contributed by atoms with Gasteiger partial charge in [-0.3, -0.25) is 14.4 Å². The highest BCUT2D eigenvalue weighted by atomic mass is 32.2. The van der Waals surface area contributed by atoms with Crippen molar-refractivity contribution in [1.82, 2.24) is 0 Å². The van der Waals surface area contributed by atoms with Gasteiger partial charge in [-0.1, -0.05) is 30.3 Å². The van der Waals surface area contributed by atoms with Gasteiger partial charge in [0.2, 0.25) is 12.4 Å². The van der Waals surface area contributed by atoms with Crippen molar-refractivity contribution in [2.24, 2.45) is 0 Å². The molecule has 0 spiro atoms. The van der Waals surface area contributed by atoms with Crippen LogP contribution < -0.4 is 0 Å². The third kappa shape index (κ3) is 7.36. The highest BCUT2D eigenvalue weighted by Crippen LogP contribution is 2.42. The predicted molar refractivity (Wildman–Crippen MR) is 156 cm³/mol. The van der Waals surface area contributed by atoms with Crippen molar-refractivity contribution in [3.05, 3.63) is 81.7 Å². The van der Waals surface area contributed by atoms with Crippen LogP contribution in [0.15, 0.2) is 54.6 Å². The Morgan fingerprint density at radius 3 is 2.32 bits per heavy atom. The summed E-state index contributed by atoms with van der Waals surface area (Å²) in [6.07, 6.45) is -1.39. The van der Waals surface area contributed by atoms with Crippen LogP contribution in [0.3, 0.4) is 0 Å². The Kier molecular flexibility index (Phi) is 9.86. The summed E-state index contributed by atoms with van der Waals surface area (Å²) in [7, 11) is 0. The molecule has 0 bridgehead atoms. The minimum absolute atomic E-state index is 0.452. The molecule has 1 fully saturated rings. The molecule has 3 aromatic rings. The zero-order valence-corrected chi connectivity index (χ0v) is 25.0. The summed E-state index contributed by atoms with van der Waals surface area (Å²) in [5, 5.41) is 8.80. The molecule has 0 N–H and O–H groups in total. The van der Waals surface area contributed by atoms with Crippen LogP contribution in [-0.2, 0) is 39.8 Å². The molecule has 10 heteroatoms. The zero-order chi connectivity index (χ0) is 29.7. The summed E-state index contributed by atoms with van der Waals surface area (Å²) in [5.41, 5.74) is 4.61. The molecule has 0 aliphatic carbocycles. The molecule has 1 aliphatic rings. The molecule has 1 unspecified atom stereocenters. The second-order valence-corrected chi connectivity index (χ2v) is 11.9. The van der Waals surface area contributed by atoms with Gasteiger partial charge >= 0.3 is 17.9 Å². The van der Waals surface area contributed by atoms with E-state index in [0.29, 0.717) is 12.0 Å². The van der Waals surface area contributed by atoms with Crippen molar-refractivity contribution in [3.8, 4) is 16.5 Å². The van der Waals surface area contributed by atoms with Gasteiger partial charge in [-0.25, -0.2) is 0 Å². The van der Waals surface area contributed by atoms with Crippen LogP contribution in [0, 0.1) is 18.3 Å². The fraction of sp³-hybridized carbons (Fsp3) is 0.355. The number of carbonyl (C=O) groups is 3. The van der Waals surface area contributed by atoms with E-state index in [4.69, 9.17) is 18.9 Å². The van der Waals surface area contributed by atoms with Crippen molar-refractivity contribution in [3.63, 3.8) is 0 Å². The quantitative estimate of drug-likeness (QED) is 0.238. The largest absolute Gasteiger partial charge is 0.457 e. The molecular formula is C31H31NO7S2. The second kappa shape index (κ2) is 13.3. The summed E-state index contributed by atoms with van der Waals surface area (Å²) >= 11 is 3.08. The van der Waals surface area contributed by atoms with Gasteiger partial charge in [-0.15, -0.1) is 11.3 Å². The molecule has 4 rings (SSSR count). The number of aryl methyl sites for hydroxylation is 1. The first-order valence-electron chi connectivity index (χ1n) is 13.0. The molecule has 1 aliphatic heterocycles. The number of thioether (sulfide) groups is 1. The lowest BCUT2D eigenvalue weighted by Gasteiger charge is -2.44. The number of carbonyl (C=O) groups excluding carboxylic acids is 3. The summed E-state index contributed by atoms with van der Waals surface area (Å²) in [6.45, 7) is 5.79. The van der Waals surface area contributed by atoms with E-state index in [2.05, 4.69) is 24.3 Å². The molecule has 2 heterocycles. The van der Waals surface area contributed by atoms with Crippen molar-refractivity contribution in [2.45, 2.75) is 64.0 Å². The average molecular weight is 594 g/mol. The van der Waals surface area contributed by atoms with Gasteiger partial charge in [0, 0.05) is 36.9 Å². The SMILES string of the molecule is CS[C@H]1C(c2ccc(C)c(Cc3ccc(-c4cccc(C#N)c4)s3)c2)O[C@H](OC(C)=O)[C@@H](OC(C)=O)[C@@H]1OC(C)=O. The average Bonchev–Trinajstić information content (AvgIpc) is 3.39. The van der Waals surface area contributed by atoms with E-state index in [1.165, 1.54) is 32.5 Å². The number of nitrogens with zero attached hydrogens (tertiary/aromatic N) is 1. The van der Waals surface area contributed by atoms with E-state index in [1.54, 1.807) is 17.4 Å². The van der Waals surface area contributed by atoms with E-state index in [9.17, 15) is 19.6 Å². The Labute approximate surface area is 247 Å². The number of benzene rings is 2. The fourth-order valence-electron chi connectivity index (χ4n) is 4.85. The van der Waals surface area contributed by atoms with Gasteiger partial charge in [0.15, 0.2) is 6.10 Å². The molecule has 0 amide bonds. The van der Waals surface area contributed by atoms with Crippen LogP contribution in [0.4, 0.5) is 0 Å². The molecule has 8 nitrogen and oxygen atoms in total. The van der Waals surface area contributed by atoms with Crippen LogP contribution in [0.5, 0.6) is 0 Å². The van der Waals surface area contributed by atoms with Crippen LogP contribution in [0.25, 0.3) is 10.4 Å². The summed E-state index contributed by atoms with van der Waals surface area (Å²) in [6, 6.07) is 19.9. The van der Waals surface area contributed by atoms with Gasteiger partial charge in [0.05, 0.1) is 16.9 Å². The maximum absolute atomic E-state index is 12.1. The molecule has 1 aromatic heterocycles. The van der Waals surface area contributed by atoms with Crippen molar-refractivity contribution >= 4 is 41.0 Å². The van der Waals surface area contributed by atoms with Gasteiger partial charge < -0.3 is 18.9 Å². The molecule has 41 heavy (non-hydrogen) atoms. The summed E-state index contributed by atoms with van der Waals surface area (Å²) in [5.74, 6) is -1.78. The number of nitriles is 1. The number of hydrogen-bond acceptors (Lipinski definition) is 10. The lowest BCUT2D eigenvalue weighted by atomic mass is 9.92. The zero-order valence-electron chi connectivity index (χ0n) is 23.4. The first-order valence-corrected chi connectivity index (χ1v) is 15.1. The van der Waals surface area contributed by atoms with Crippen molar-refractivity contribution in [1.29, 1.82) is 5.26 Å². The Hall–Kier alpha value is -3.65. The van der Waals surface area contributed by atoms with E-state index < -0.39 is 47.8 Å². The number of rotatable bonds is 8. The number of esters is 3. The smallest absolute Gasteiger partial charge is 0.305 e. The van der Waals surface area contributed by atoms with E-state index >= 15 is 0 Å². The van der Waals surface area contributed by atoms with Gasteiger partial charge in [0.1, 0.15) is 6.10 Å². The van der Waals surface area contributed by atoms with E-state index in [-0.39, 0.29) is 0 Å². The second-order valence-electron chi connectivity index (χ2n) is 9.70. The summed E-state index contributed by atoms with van der Waals surface area (Å²) in [4.78, 5) is 38.2. The molecular weight excluding hydrogens is 562 g/mol. The van der Waals surface area contributed by atoms with Crippen LogP contribution >= 0.6 is 23.1 Å². The number of thiophene rings is 1. The van der Waals surface area contributed by atoms with Crippen molar-refractivity contribution < 1.29 is 33.3 Å². The minimum Gasteiger partial charge on any atom is -0.457 e. The number of hydrogen-bond donors (Lipinski definition) is 0. The van der Waals surface area contributed by atoms with Gasteiger partial charge in [0.25, 0.3) is 0 Å². The third-order valence-corrected chi connectivity index (χ3v) is 8.85. The van der Waals surface area contributed by atoms with Gasteiger partial charge in [-0.2, -0.15) is 17.0 Å². The summed E-state index contributed by atoms with van der Waals surface area (Å²) < 4.78 is 22.8. The normalized spacial score (nSPS) is 21.9. The molecule has 1 saturated heterocycles. The van der Waals surface area contributed by atoms with Crippen molar-refractivity contribution in [2.75, 3.05) is 6.26 Å². The highest BCUT2D eigenvalue weighted by molar-refractivity contribution is 7.99. The topological polar surface area (TPSA) is 112 Å². The lowest BCUT2D eigenvalue weighted by Crippen LogP contribution is -2.57. The maximum Gasteiger partial charge on any atom is 0.305 e. The standard InChI is InChI=1S/C31H31NO7S2/c1-17-9-10-23(14-24(17)15-25-11-12-26(41-25)22-8-6-7-21(13-22)16-32)27-30(40-5)28(36-18(2)33)29(37-19(3)34)31(39-27)38-20(4)35/h6-14,27-31H,15H2,1-5H3/t27?,28-,29-,30-,31-/m0/s1. The molecule has 2 aromatic carbocycles. The third-order valence-electron chi connectivity index (χ3n) is 6.66. The van der Waals surface area contributed by atoms with E-state index in [0.717, 1.165) is 32.0 Å². The van der Waals surface area contributed by atoms with Crippen LogP contribution in [-0.4, -0.2) is 47.9 Å². The Balaban J connectivity index is 1.66. The number of ether oxygens (including phenoxy) is 4. The Morgan fingerprint density at radius 1 is 0.951 bits per heavy atom. The minimum atomic E-state index is -1.26. The predicted octanol–water partition coefficient (Wildman–Crippen LogP) is 5.74.